The van der Waals surface area contributed by atoms with Crippen molar-refractivity contribution in [3.63, 3.8) is 0 Å². The average Bonchev–Trinajstić information content (AvgIpc) is 3.06. The highest BCUT2D eigenvalue weighted by Crippen LogP contribution is 2.20. The van der Waals surface area contributed by atoms with E-state index in [9.17, 15) is 9.59 Å². The van der Waals surface area contributed by atoms with Gasteiger partial charge >= 0.3 is 0 Å². The van der Waals surface area contributed by atoms with Crippen molar-refractivity contribution in [3.05, 3.63) is 81.1 Å². The summed E-state index contributed by atoms with van der Waals surface area (Å²) in [5.74, 6) is 0.424. The van der Waals surface area contributed by atoms with Crippen molar-refractivity contribution in [3.8, 4) is 11.4 Å². The van der Waals surface area contributed by atoms with Gasteiger partial charge in [0, 0.05) is 11.6 Å². The Bertz CT molecular complexity index is 1230. The van der Waals surface area contributed by atoms with E-state index >= 15 is 0 Å². The molecule has 0 radical (unpaired) electrons. The maximum absolute atomic E-state index is 12.5. The third-order valence-electron chi connectivity index (χ3n) is 3.97. The lowest BCUT2D eigenvalue weighted by molar-refractivity contribution is 0.102. The molecular weight excluding hydrogens is 366 g/mol. The Morgan fingerprint density at radius 1 is 1.15 bits per heavy atom. The summed E-state index contributed by atoms with van der Waals surface area (Å²) in [7, 11) is 0. The van der Waals surface area contributed by atoms with Gasteiger partial charge in [-0.05, 0) is 25.1 Å². The number of rotatable bonds is 3. The molecule has 0 fully saturated rings. The first kappa shape index (κ1) is 17.0. The predicted octanol–water partition coefficient (Wildman–Crippen LogP) is 3.30. The van der Waals surface area contributed by atoms with E-state index in [0.717, 1.165) is 11.1 Å². The number of aromatic amines is 1. The van der Waals surface area contributed by atoms with Crippen LogP contribution in [0.3, 0.4) is 0 Å². The van der Waals surface area contributed by atoms with Gasteiger partial charge in [0.1, 0.15) is 5.82 Å². The van der Waals surface area contributed by atoms with Gasteiger partial charge in [0.25, 0.3) is 11.5 Å². The van der Waals surface area contributed by atoms with Crippen molar-refractivity contribution >= 4 is 29.1 Å². The van der Waals surface area contributed by atoms with E-state index in [0.29, 0.717) is 16.4 Å². The van der Waals surface area contributed by atoms with Gasteiger partial charge in [-0.1, -0.05) is 47.5 Å². The number of aryl methyl sites for hydroxylation is 1. The van der Waals surface area contributed by atoms with E-state index in [4.69, 9.17) is 11.6 Å². The van der Waals surface area contributed by atoms with Crippen LogP contribution in [0.25, 0.3) is 17.2 Å². The number of aromatic nitrogens is 4. The van der Waals surface area contributed by atoms with Gasteiger partial charge in [-0.15, -0.1) is 5.10 Å². The van der Waals surface area contributed by atoms with Gasteiger partial charge in [-0.25, -0.2) is 0 Å². The zero-order valence-electron chi connectivity index (χ0n) is 14.2. The molecule has 0 unspecified atom stereocenters. The Morgan fingerprint density at radius 3 is 2.74 bits per heavy atom. The molecule has 0 saturated carbocycles. The van der Waals surface area contributed by atoms with Gasteiger partial charge in [0.15, 0.2) is 5.82 Å². The fraction of sp³-hybridized carbons (Fsp3) is 0.0526. The fourth-order valence-corrected chi connectivity index (χ4v) is 2.94. The summed E-state index contributed by atoms with van der Waals surface area (Å²) in [4.78, 5) is 31.5. The van der Waals surface area contributed by atoms with Crippen molar-refractivity contribution in [1.82, 2.24) is 19.6 Å². The van der Waals surface area contributed by atoms with Crippen LogP contribution < -0.4 is 10.9 Å². The number of carbonyl (C=O) groups excluding carboxylic acids is 1. The van der Waals surface area contributed by atoms with E-state index < -0.39 is 11.5 Å². The number of nitrogens with zero attached hydrogens (tertiary/aromatic N) is 3. The van der Waals surface area contributed by atoms with E-state index in [-0.39, 0.29) is 11.6 Å². The van der Waals surface area contributed by atoms with Crippen molar-refractivity contribution < 1.29 is 4.79 Å². The summed E-state index contributed by atoms with van der Waals surface area (Å²) in [6.07, 6.45) is 0. The molecule has 134 valence electrons. The van der Waals surface area contributed by atoms with Gasteiger partial charge in [-0.2, -0.15) is 9.50 Å². The van der Waals surface area contributed by atoms with Crippen LogP contribution in [0.1, 0.15) is 15.9 Å². The number of carbonyl (C=O) groups is 1. The molecule has 0 bridgehead atoms. The molecule has 2 aromatic heterocycles. The highest BCUT2D eigenvalue weighted by Gasteiger charge is 2.15. The molecule has 4 rings (SSSR count). The normalized spacial score (nSPS) is 10.9. The monoisotopic (exact) mass is 379 g/mol. The van der Waals surface area contributed by atoms with Crippen LogP contribution >= 0.6 is 11.6 Å². The summed E-state index contributed by atoms with van der Waals surface area (Å²) in [6, 6.07) is 15.6. The third kappa shape index (κ3) is 3.32. The van der Waals surface area contributed by atoms with E-state index in [1.165, 1.54) is 10.6 Å². The molecule has 2 heterocycles. The fourth-order valence-electron chi connectivity index (χ4n) is 2.72. The molecule has 0 aliphatic heterocycles. The highest BCUT2D eigenvalue weighted by atomic mass is 35.5. The minimum absolute atomic E-state index is 0.199. The van der Waals surface area contributed by atoms with Crippen molar-refractivity contribution in [2.75, 3.05) is 5.32 Å². The largest absolute Gasteiger partial charge is 0.306 e. The molecule has 2 aromatic carbocycles. The van der Waals surface area contributed by atoms with Crippen LogP contribution in [0.5, 0.6) is 0 Å². The molecule has 2 N–H and O–H groups in total. The van der Waals surface area contributed by atoms with E-state index in [1.807, 2.05) is 31.2 Å². The molecule has 4 aromatic rings. The van der Waals surface area contributed by atoms with Crippen LogP contribution in [0.2, 0.25) is 5.02 Å². The highest BCUT2D eigenvalue weighted by molar-refractivity contribution is 6.34. The van der Waals surface area contributed by atoms with Crippen LogP contribution in [0, 0.1) is 6.92 Å². The molecule has 27 heavy (non-hydrogen) atoms. The topological polar surface area (TPSA) is 92.1 Å². The van der Waals surface area contributed by atoms with Crippen LogP contribution in [-0.2, 0) is 0 Å². The van der Waals surface area contributed by atoms with Crippen LogP contribution in [-0.4, -0.2) is 25.5 Å². The smallest absolute Gasteiger partial charge is 0.258 e. The number of fused-ring (bicyclic) bond motifs is 1. The Balaban J connectivity index is 1.78. The SMILES string of the molecule is Cc1cccc(-c2nc3[nH]c(=O)cc(NC(=O)c4ccccc4Cl)n3n2)c1. The summed E-state index contributed by atoms with van der Waals surface area (Å²) in [5.41, 5.74) is 1.77. The maximum atomic E-state index is 12.5. The summed E-state index contributed by atoms with van der Waals surface area (Å²) < 4.78 is 1.38. The molecule has 0 saturated heterocycles. The molecule has 8 heteroatoms. The zero-order chi connectivity index (χ0) is 19.0. The standard InChI is InChI=1S/C19H14ClN5O2/c1-11-5-4-6-12(9-11)17-23-19-22-16(26)10-15(25(19)24-17)21-18(27)13-7-2-3-8-14(13)20/h2-10H,1H3,(H,21,27)(H,22,23,24,26). The second-order valence-corrected chi connectivity index (χ2v) is 6.40. The average molecular weight is 380 g/mol. The molecule has 1 amide bonds. The van der Waals surface area contributed by atoms with Crippen LogP contribution in [0.4, 0.5) is 5.82 Å². The number of benzene rings is 2. The first-order valence-electron chi connectivity index (χ1n) is 8.14. The third-order valence-corrected chi connectivity index (χ3v) is 4.30. The van der Waals surface area contributed by atoms with Gasteiger partial charge in [0.2, 0.25) is 5.78 Å². The number of anilines is 1. The number of halogens is 1. The van der Waals surface area contributed by atoms with Crippen LogP contribution in [0.15, 0.2) is 59.4 Å². The van der Waals surface area contributed by atoms with Crippen molar-refractivity contribution in [1.29, 1.82) is 0 Å². The Hall–Kier alpha value is -3.45. The first-order valence-corrected chi connectivity index (χ1v) is 8.52. The number of hydrogen-bond acceptors (Lipinski definition) is 4. The molecule has 7 nitrogen and oxygen atoms in total. The Morgan fingerprint density at radius 2 is 1.96 bits per heavy atom. The zero-order valence-corrected chi connectivity index (χ0v) is 15.0. The molecule has 0 aliphatic carbocycles. The first-order chi connectivity index (χ1) is 13.0. The number of H-pyrrole nitrogens is 1. The van der Waals surface area contributed by atoms with E-state index in [1.54, 1.807) is 24.3 Å². The summed E-state index contributed by atoms with van der Waals surface area (Å²) in [6.45, 7) is 1.97. The minimum Gasteiger partial charge on any atom is -0.306 e. The predicted molar refractivity (Wildman–Crippen MR) is 103 cm³/mol. The second kappa shape index (κ2) is 6.69. The second-order valence-electron chi connectivity index (χ2n) is 5.99. The minimum atomic E-state index is -0.444. The van der Waals surface area contributed by atoms with Crippen molar-refractivity contribution in [2.24, 2.45) is 0 Å². The lowest BCUT2D eigenvalue weighted by Crippen LogP contribution is -2.19. The molecule has 0 atom stereocenters. The lowest BCUT2D eigenvalue weighted by atomic mass is 10.1. The summed E-state index contributed by atoms with van der Waals surface area (Å²) in [5, 5.41) is 7.41. The molecule has 0 aliphatic rings. The number of amides is 1. The molecule has 0 spiro atoms. The van der Waals surface area contributed by atoms with Gasteiger partial charge in [0.05, 0.1) is 10.6 Å². The molecular formula is C19H14ClN5O2. The van der Waals surface area contributed by atoms with E-state index in [2.05, 4.69) is 20.4 Å². The lowest BCUT2D eigenvalue weighted by Gasteiger charge is -2.07. The summed E-state index contributed by atoms with van der Waals surface area (Å²) >= 11 is 6.07. The Kier molecular flexibility index (Phi) is 4.21. The quantitative estimate of drug-likeness (QED) is 0.571. The van der Waals surface area contributed by atoms with Gasteiger partial charge < -0.3 is 5.32 Å². The van der Waals surface area contributed by atoms with Gasteiger partial charge in [-0.3, -0.25) is 14.6 Å². The Labute approximate surface area is 158 Å². The maximum Gasteiger partial charge on any atom is 0.258 e. The van der Waals surface area contributed by atoms with Crippen molar-refractivity contribution in [2.45, 2.75) is 6.92 Å². The number of hydrogen-bond donors (Lipinski definition) is 2. The number of nitrogens with one attached hydrogen (secondary N) is 2.